The molecule has 4 heteroatoms. The molecule has 0 heterocycles. The minimum absolute atomic E-state index is 0.120. The van der Waals surface area contributed by atoms with Gasteiger partial charge in [0.25, 0.3) is 0 Å². The molecule has 1 aliphatic rings. The molecule has 0 aliphatic heterocycles. The van der Waals surface area contributed by atoms with E-state index >= 15 is 0 Å². The maximum atomic E-state index is 6.39. The number of nitrogens with two attached hydrogens (primary N) is 1. The van der Waals surface area contributed by atoms with E-state index in [-0.39, 0.29) is 11.6 Å². The van der Waals surface area contributed by atoms with Crippen LogP contribution in [0, 0.1) is 0 Å². The van der Waals surface area contributed by atoms with Crippen molar-refractivity contribution in [2.45, 2.75) is 24.4 Å². The van der Waals surface area contributed by atoms with E-state index < -0.39 is 0 Å². The molecule has 1 aliphatic carbocycles. The number of ether oxygens (including phenoxy) is 2. The second-order valence-corrected chi connectivity index (χ2v) is 5.21. The molecule has 1 fully saturated rings. The fraction of sp³-hybridized carbons (Fsp3) is 0.571. The van der Waals surface area contributed by atoms with E-state index in [1.165, 1.54) is 0 Å². The molecule has 100 valence electrons. The van der Waals surface area contributed by atoms with Crippen molar-refractivity contribution in [2.24, 2.45) is 5.73 Å². The van der Waals surface area contributed by atoms with Crippen molar-refractivity contribution < 1.29 is 9.47 Å². The predicted molar refractivity (Wildman–Crippen MR) is 72.1 cm³/mol. The number of hydrogen-bond donors (Lipinski definition) is 1. The van der Waals surface area contributed by atoms with Gasteiger partial charge in [-0.3, -0.25) is 0 Å². The molecule has 18 heavy (non-hydrogen) atoms. The van der Waals surface area contributed by atoms with Crippen molar-refractivity contribution in [3.63, 3.8) is 0 Å². The second-order valence-electron chi connectivity index (χ2n) is 5.21. The molecule has 0 amide bonds. The summed E-state index contributed by atoms with van der Waals surface area (Å²) in [5, 5.41) is 0. The quantitative estimate of drug-likeness (QED) is 0.865. The van der Waals surface area contributed by atoms with E-state index in [9.17, 15) is 0 Å². The Bertz CT molecular complexity index is 428. The highest BCUT2D eigenvalue weighted by Gasteiger charge is 2.48. The zero-order chi connectivity index (χ0) is 13.3. The van der Waals surface area contributed by atoms with Crippen molar-refractivity contribution in [1.82, 2.24) is 4.90 Å². The Morgan fingerprint density at radius 3 is 2.33 bits per heavy atom. The highest BCUT2D eigenvalue weighted by atomic mass is 16.5. The molecule has 2 N–H and O–H groups in total. The van der Waals surface area contributed by atoms with Crippen LogP contribution in [0.2, 0.25) is 0 Å². The predicted octanol–water partition coefficient (Wildman–Crippen LogP) is 1.80. The molecule has 0 saturated heterocycles. The molecule has 2 rings (SSSR count). The third kappa shape index (κ3) is 2.31. The van der Waals surface area contributed by atoms with Crippen LogP contribution in [0.5, 0.6) is 11.5 Å². The fourth-order valence-corrected chi connectivity index (χ4v) is 2.56. The maximum Gasteiger partial charge on any atom is 0.127 e. The number of hydrogen-bond acceptors (Lipinski definition) is 4. The lowest BCUT2D eigenvalue weighted by Crippen LogP contribution is -2.39. The Kier molecular flexibility index (Phi) is 3.50. The second kappa shape index (κ2) is 4.78. The van der Waals surface area contributed by atoms with Gasteiger partial charge in [0.2, 0.25) is 0 Å². The molecule has 0 radical (unpaired) electrons. The molecule has 0 aromatic heterocycles. The van der Waals surface area contributed by atoms with Gasteiger partial charge in [0.05, 0.1) is 20.3 Å². The van der Waals surface area contributed by atoms with Gasteiger partial charge in [-0.2, -0.15) is 0 Å². The van der Waals surface area contributed by atoms with Crippen LogP contribution in [0.4, 0.5) is 0 Å². The number of benzene rings is 1. The minimum Gasteiger partial charge on any atom is -0.497 e. The molecule has 0 spiro atoms. The van der Waals surface area contributed by atoms with E-state index in [4.69, 9.17) is 15.2 Å². The van der Waals surface area contributed by atoms with Gasteiger partial charge in [-0.25, -0.2) is 0 Å². The summed E-state index contributed by atoms with van der Waals surface area (Å²) in [6.07, 6.45) is 2.12. The standard InChI is InChI=1S/C14H22N2O2/c1-16(2)13(14(15)7-8-14)11-6-5-10(17-3)9-12(11)18-4/h5-6,9,13H,7-8,15H2,1-4H3. The Morgan fingerprint density at radius 2 is 1.89 bits per heavy atom. The first-order valence-electron chi connectivity index (χ1n) is 6.19. The van der Waals surface area contributed by atoms with Crippen molar-refractivity contribution in [2.75, 3.05) is 28.3 Å². The van der Waals surface area contributed by atoms with Crippen LogP contribution in [0.1, 0.15) is 24.4 Å². The Morgan fingerprint density at radius 1 is 1.22 bits per heavy atom. The molecule has 0 bridgehead atoms. The molecular formula is C14H22N2O2. The largest absolute Gasteiger partial charge is 0.497 e. The summed E-state index contributed by atoms with van der Waals surface area (Å²) >= 11 is 0. The molecular weight excluding hydrogens is 228 g/mol. The summed E-state index contributed by atoms with van der Waals surface area (Å²) in [5.74, 6) is 1.64. The molecule has 1 saturated carbocycles. The van der Waals surface area contributed by atoms with Crippen LogP contribution in [0.25, 0.3) is 0 Å². The van der Waals surface area contributed by atoms with Crippen LogP contribution in [-0.2, 0) is 0 Å². The van der Waals surface area contributed by atoms with E-state index in [0.717, 1.165) is 29.9 Å². The lowest BCUT2D eigenvalue weighted by molar-refractivity contribution is 0.238. The summed E-state index contributed by atoms with van der Waals surface area (Å²) in [4.78, 5) is 2.16. The van der Waals surface area contributed by atoms with Gasteiger partial charge in [0.1, 0.15) is 11.5 Å². The average Bonchev–Trinajstić information content (AvgIpc) is 3.07. The SMILES string of the molecule is COc1ccc(C(N(C)C)C2(N)CC2)c(OC)c1. The highest BCUT2D eigenvalue weighted by molar-refractivity contribution is 5.44. The summed E-state index contributed by atoms with van der Waals surface area (Å²) < 4.78 is 10.7. The highest BCUT2D eigenvalue weighted by Crippen LogP contribution is 2.48. The van der Waals surface area contributed by atoms with Crippen molar-refractivity contribution in [3.8, 4) is 11.5 Å². The first-order valence-corrected chi connectivity index (χ1v) is 6.19. The van der Waals surface area contributed by atoms with Crippen molar-refractivity contribution in [1.29, 1.82) is 0 Å². The third-order valence-corrected chi connectivity index (χ3v) is 3.62. The van der Waals surface area contributed by atoms with E-state index in [1.54, 1.807) is 14.2 Å². The lowest BCUT2D eigenvalue weighted by Gasteiger charge is -2.31. The summed E-state index contributed by atoms with van der Waals surface area (Å²) in [7, 11) is 7.45. The smallest absolute Gasteiger partial charge is 0.127 e. The number of likely N-dealkylation sites (N-methyl/N-ethyl adjacent to an activating group) is 1. The van der Waals surface area contributed by atoms with E-state index in [1.807, 2.05) is 12.1 Å². The van der Waals surface area contributed by atoms with Crippen LogP contribution in [-0.4, -0.2) is 38.8 Å². The first-order chi connectivity index (χ1) is 8.51. The molecule has 1 aromatic carbocycles. The summed E-state index contributed by atoms with van der Waals surface area (Å²) in [5.41, 5.74) is 7.40. The molecule has 1 unspecified atom stereocenters. The van der Waals surface area contributed by atoms with Gasteiger partial charge < -0.3 is 20.1 Å². The number of rotatable bonds is 5. The van der Waals surface area contributed by atoms with Gasteiger partial charge in [-0.15, -0.1) is 0 Å². The van der Waals surface area contributed by atoms with Crippen LogP contribution in [0.15, 0.2) is 18.2 Å². The van der Waals surface area contributed by atoms with E-state index in [0.29, 0.717) is 0 Å². The van der Waals surface area contributed by atoms with Crippen LogP contribution in [0.3, 0.4) is 0 Å². The van der Waals surface area contributed by atoms with Crippen molar-refractivity contribution in [3.05, 3.63) is 23.8 Å². The Balaban J connectivity index is 2.41. The minimum atomic E-state index is -0.120. The van der Waals surface area contributed by atoms with E-state index in [2.05, 4.69) is 25.1 Å². The fourth-order valence-electron chi connectivity index (χ4n) is 2.56. The Hall–Kier alpha value is -1.26. The zero-order valence-corrected chi connectivity index (χ0v) is 11.6. The van der Waals surface area contributed by atoms with Crippen LogP contribution < -0.4 is 15.2 Å². The van der Waals surface area contributed by atoms with Gasteiger partial charge in [-0.05, 0) is 39.1 Å². The summed E-state index contributed by atoms with van der Waals surface area (Å²) in [6, 6.07) is 6.10. The molecule has 1 atom stereocenters. The normalized spacial score (nSPS) is 18.6. The zero-order valence-electron chi connectivity index (χ0n) is 11.6. The molecule has 1 aromatic rings. The van der Waals surface area contributed by atoms with Gasteiger partial charge in [-0.1, -0.05) is 0 Å². The van der Waals surface area contributed by atoms with Crippen molar-refractivity contribution >= 4 is 0 Å². The Labute approximate surface area is 109 Å². The maximum absolute atomic E-state index is 6.39. The van der Waals surface area contributed by atoms with Gasteiger partial charge >= 0.3 is 0 Å². The number of nitrogens with zero attached hydrogens (tertiary/aromatic N) is 1. The summed E-state index contributed by atoms with van der Waals surface area (Å²) in [6.45, 7) is 0. The third-order valence-electron chi connectivity index (χ3n) is 3.62. The van der Waals surface area contributed by atoms with Gasteiger partial charge in [0.15, 0.2) is 0 Å². The number of methoxy groups -OCH3 is 2. The topological polar surface area (TPSA) is 47.7 Å². The average molecular weight is 250 g/mol. The monoisotopic (exact) mass is 250 g/mol. The molecule has 4 nitrogen and oxygen atoms in total. The first kappa shape index (κ1) is 13.2. The van der Waals surface area contributed by atoms with Gasteiger partial charge in [0, 0.05) is 17.2 Å². The van der Waals surface area contributed by atoms with Crippen LogP contribution >= 0.6 is 0 Å². The lowest BCUT2D eigenvalue weighted by atomic mass is 9.95.